The molecule has 4 nitrogen and oxygen atoms in total. The predicted octanol–water partition coefficient (Wildman–Crippen LogP) is 3.02. The lowest BCUT2D eigenvalue weighted by Gasteiger charge is -2.29. The quantitative estimate of drug-likeness (QED) is 0.906. The molecule has 1 aliphatic rings. The fraction of sp³-hybridized carbons (Fsp3) is 0.647. The fourth-order valence-corrected chi connectivity index (χ4v) is 3.50. The van der Waals surface area contributed by atoms with Crippen molar-refractivity contribution in [2.75, 3.05) is 21.3 Å². The molecule has 21 heavy (non-hydrogen) atoms. The molecule has 0 spiro atoms. The Balaban J connectivity index is 2.33. The van der Waals surface area contributed by atoms with Crippen molar-refractivity contribution in [3.63, 3.8) is 0 Å². The van der Waals surface area contributed by atoms with E-state index in [0.717, 1.165) is 11.5 Å². The summed E-state index contributed by atoms with van der Waals surface area (Å²) in [7, 11) is 5.33. The van der Waals surface area contributed by atoms with Gasteiger partial charge < -0.3 is 19.5 Å². The van der Waals surface area contributed by atoms with Crippen molar-refractivity contribution < 1.29 is 14.2 Å². The Bertz CT molecular complexity index is 477. The Morgan fingerprint density at radius 3 is 2.19 bits per heavy atom. The zero-order chi connectivity index (χ0) is 15.6. The molecule has 1 fully saturated rings. The van der Waals surface area contributed by atoms with E-state index in [9.17, 15) is 0 Å². The van der Waals surface area contributed by atoms with Crippen LogP contribution in [-0.4, -0.2) is 33.5 Å². The van der Waals surface area contributed by atoms with Gasteiger partial charge in [-0.2, -0.15) is 0 Å². The summed E-state index contributed by atoms with van der Waals surface area (Å²) in [5, 5.41) is 3.45. The van der Waals surface area contributed by atoms with Crippen molar-refractivity contribution in [2.45, 2.75) is 39.0 Å². The van der Waals surface area contributed by atoms with Gasteiger partial charge in [-0.25, -0.2) is 0 Å². The third kappa shape index (κ3) is 3.01. The van der Waals surface area contributed by atoms with Crippen LogP contribution in [0.5, 0.6) is 11.5 Å². The first-order chi connectivity index (χ1) is 10.0. The number of hydrogen-bond acceptors (Lipinski definition) is 4. The van der Waals surface area contributed by atoms with Crippen LogP contribution in [0.25, 0.3) is 0 Å². The van der Waals surface area contributed by atoms with Gasteiger partial charge in [0.05, 0.1) is 26.4 Å². The first-order valence-corrected chi connectivity index (χ1v) is 7.58. The Hall–Kier alpha value is -1.26. The van der Waals surface area contributed by atoms with Gasteiger partial charge in [-0.1, -0.05) is 13.0 Å². The van der Waals surface area contributed by atoms with Crippen molar-refractivity contribution in [1.29, 1.82) is 0 Å². The van der Waals surface area contributed by atoms with E-state index in [2.05, 4.69) is 38.2 Å². The van der Waals surface area contributed by atoms with E-state index in [1.54, 1.807) is 14.2 Å². The van der Waals surface area contributed by atoms with Gasteiger partial charge in [0, 0.05) is 12.0 Å². The second kappa shape index (κ2) is 6.67. The van der Waals surface area contributed by atoms with Crippen LogP contribution < -0.4 is 14.8 Å². The molecule has 1 aromatic carbocycles. The minimum Gasteiger partial charge on any atom is -0.493 e. The maximum atomic E-state index is 6.00. The summed E-state index contributed by atoms with van der Waals surface area (Å²) in [6.07, 6.45) is 0.529. The second-order valence-corrected chi connectivity index (χ2v) is 5.86. The van der Waals surface area contributed by atoms with E-state index in [4.69, 9.17) is 14.2 Å². The van der Waals surface area contributed by atoms with Crippen molar-refractivity contribution in [1.82, 2.24) is 5.32 Å². The zero-order valence-corrected chi connectivity index (χ0v) is 13.8. The highest BCUT2D eigenvalue weighted by Crippen LogP contribution is 2.42. The highest BCUT2D eigenvalue weighted by Gasteiger charge is 2.41. The van der Waals surface area contributed by atoms with Crippen molar-refractivity contribution in [3.05, 3.63) is 23.8 Å². The van der Waals surface area contributed by atoms with Crippen molar-refractivity contribution in [3.8, 4) is 11.5 Å². The molecule has 5 atom stereocenters. The maximum Gasteiger partial charge on any atom is 0.161 e. The Kier molecular flexibility index (Phi) is 5.12. The molecule has 1 aromatic rings. The summed E-state index contributed by atoms with van der Waals surface area (Å²) >= 11 is 0. The molecule has 1 heterocycles. The topological polar surface area (TPSA) is 39.7 Å². The fourth-order valence-electron chi connectivity index (χ4n) is 3.50. The molecule has 4 heteroatoms. The molecule has 0 radical (unpaired) electrons. The normalized spacial score (nSPS) is 30.2. The lowest BCUT2D eigenvalue weighted by atomic mass is 9.80. The zero-order valence-electron chi connectivity index (χ0n) is 13.8. The SMILES string of the molecule is CNC(c1ccc(OC)c(OC)c1)C1C(C)OC(C)C1C. The van der Waals surface area contributed by atoms with Crippen LogP contribution >= 0.6 is 0 Å². The highest BCUT2D eigenvalue weighted by atomic mass is 16.5. The third-order valence-electron chi connectivity index (χ3n) is 4.78. The number of nitrogens with one attached hydrogen (secondary N) is 1. The lowest BCUT2D eigenvalue weighted by Crippen LogP contribution is -2.33. The number of methoxy groups -OCH3 is 2. The van der Waals surface area contributed by atoms with Crippen LogP contribution in [0.15, 0.2) is 18.2 Å². The average Bonchev–Trinajstić information content (AvgIpc) is 2.74. The van der Waals surface area contributed by atoms with Crippen LogP contribution in [0, 0.1) is 11.8 Å². The van der Waals surface area contributed by atoms with Crippen LogP contribution in [0.2, 0.25) is 0 Å². The standard InChI is InChI=1S/C17H27NO3/c1-10-11(2)21-12(3)16(10)17(18-4)13-7-8-14(19-5)15(9-13)20-6/h7-12,16-18H,1-6H3. The smallest absolute Gasteiger partial charge is 0.161 e. The van der Waals surface area contributed by atoms with Gasteiger partial charge in [0.15, 0.2) is 11.5 Å². The van der Waals surface area contributed by atoms with E-state index in [-0.39, 0.29) is 12.1 Å². The third-order valence-corrected chi connectivity index (χ3v) is 4.78. The average molecular weight is 293 g/mol. The van der Waals surface area contributed by atoms with Crippen molar-refractivity contribution in [2.24, 2.45) is 11.8 Å². The molecule has 0 aliphatic carbocycles. The monoisotopic (exact) mass is 293 g/mol. The largest absolute Gasteiger partial charge is 0.493 e. The van der Waals surface area contributed by atoms with Crippen LogP contribution in [0.4, 0.5) is 0 Å². The summed E-state index contributed by atoms with van der Waals surface area (Å²) in [6, 6.07) is 6.36. The van der Waals surface area contributed by atoms with Crippen LogP contribution in [-0.2, 0) is 4.74 Å². The first-order valence-electron chi connectivity index (χ1n) is 7.58. The molecular formula is C17H27NO3. The molecular weight excluding hydrogens is 266 g/mol. The summed E-state index contributed by atoms with van der Waals surface area (Å²) in [5.41, 5.74) is 1.21. The molecule has 2 rings (SSSR count). The summed E-state index contributed by atoms with van der Waals surface area (Å²) in [6.45, 7) is 6.59. The molecule has 1 saturated heterocycles. The number of hydrogen-bond donors (Lipinski definition) is 1. The van der Waals surface area contributed by atoms with E-state index < -0.39 is 0 Å². The minimum atomic E-state index is 0.236. The predicted molar refractivity (Wildman–Crippen MR) is 84.0 cm³/mol. The van der Waals surface area contributed by atoms with Crippen molar-refractivity contribution >= 4 is 0 Å². The Morgan fingerprint density at radius 2 is 1.71 bits per heavy atom. The first kappa shape index (κ1) is 16.1. The van der Waals surface area contributed by atoms with Crippen LogP contribution in [0.3, 0.4) is 0 Å². The van der Waals surface area contributed by atoms with E-state index in [0.29, 0.717) is 17.9 Å². The van der Waals surface area contributed by atoms with Crippen LogP contribution in [0.1, 0.15) is 32.4 Å². The van der Waals surface area contributed by atoms with Gasteiger partial charge in [0.25, 0.3) is 0 Å². The molecule has 0 bridgehead atoms. The summed E-state index contributed by atoms with van der Waals surface area (Å²) in [4.78, 5) is 0. The van der Waals surface area contributed by atoms with Gasteiger partial charge in [-0.15, -0.1) is 0 Å². The van der Waals surface area contributed by atoms with Gasteiger partial charge in [0.1, 0.15) is 0 Å². The van der Waals surface area contributed by atoms with E-state index in [1.165, 1.54) is 5.56 Å². The molecule has 1 aliphatic heterocycles. The number of rotatable bonds is 5. The molecule has 118 valence electrons. The summed E-state index contributed by atoms with van der Waals surface area (Å²) < 4.78 is 16.7. The molecule has 0 amide bonds. The minimum absolute atomic E-state index is 0.236. The summed E-state index contributed by atoms with van der Waals surface area (Å²) in [5.74, 6) is 2.46. The molecule has 5 unspecified atom stereocenters. The van der Waals surface area contributed by atoms with E-state index in [1.807, 2.05) is 13.1 Å². The molecule has 0 aromatic heterocycles. The lowest BCUT2D eigenvalue weighted by molar-refractivity contribution is 0.0478. The van der Waals surface area contributed by atoms with Gasteiger partial charge in [-0.05, 0) is 44.5 Å². The van der Waals surface area contributed by atoms with E-state index >= 15 is 0 Å². The molecule has 0 saturated carbocycles. The Labute approximate surface area is 127 Å². The molecule has 1 N–H and O–H groups in total. The van der Waals surface area contributed by atoms with Gasteiger partial charge in [0.2, 0.25) is 0 Å². The van der Waals surface area contributed by atoms with Gasteiger partial charge >= 0.3 is 0 Å². The Morgan fingerprint density at radius 1 is 1.05 bits per heavy atom. The maximum absolute atomic E-state index is 6.00. The number of benzene rings is 1. The highest BCUT2D eigenvalue weighted by molar-refractivity contribution is 5.44. The second-order valence-electron chi connectivity index (χ2n) is 5.86. The number of ether oxygens (including phenoxy) is 3. The van der Waals surface area contributed by atoms with Gasteiger partial charge in [-0.3, -0.25) is 0 Å².